The molecule has 0 saturated carbocycles. The van der Waals surface area contributed by atoms with Gasteiger partial charge in [-0.05, 0) is 48.0 Å². The summed E-state index contributed by atoms with van der Waals surface area (Å²) in [6, 6.07) is 12.9. The molecule has 1 aromatic heterocycles. The summed E-state index contributed by atoms with van der Waals surface area (Å²) in [6.07, 6.45) is 0.0466. The Bertz CT molecular complexity index is 1110. The van der Waals surface area contributed by atoms with E-state index >= 15 is 0 Å². The maximum absolute atomic E-state index is 12.8. The van der Waals surface area contributed by atoms with Crippen molar-refractivity contribution in [3.8, 4) is 11.3 Å². The van der Waals surface area contributed by atoms with Crippen LogP contribution < -0.4 is 4.90 Å². The summed E-state index contributed by atoms with van der Waals surface area (Å²) >= 11 is 0. The first kappa shape index (κ1) is 21.7. The highest BCUT2D eigenvalue weighted by atomic mass is 19.4. The van der Waals surface area contributed by atoms with Gasteiger partial charge in [-0.3, -0.25) is 4.79 Å². The lowest BCUT2D eigenvalue weighted by atomic mass is 10.1. The number of hydrogen-bond acceptors (Lipinski definition) is 4. The van der Waals surface area contributed by atoms with Crippen LogP contribution in [0.4, 0.5) is 18.9 Å². The van der Waals surface area contributed by atoms with E-state index in [1.807, 2.05) is 24.3 Å². The Labute approximate surface area is 183 Å². The highest BCUT2D eigenvalue weighted by Gasteiger charge is 2.30. The number of nitrogens with zero attached hydrogens (tertiary/aromatic N) is 3. The fourth-order valence-electron chi connectivity index (χ4n) is 3.61. The average Bonchev–Trinajstić information content (AvgIpc) is 3.23. The standard InChI is InChI=1S/C24H22F3N3O2/c1-17-28-16-22(32-17)19-6-8-21(9-7-19)29-11-13-30(14-12-29)23(31)10-5-18-3-2-4-20(15-18)24(25,26)27/h2-10,15-16H,11-14H2,1H3/b10-5+. The largest absolute Gasteiger partial charge is 0.441 e. The van der Waals surface area contributed by atoms with Crippen LogP contribution >= 0.6 is 0 Å². The van der Waals surface area contributed by atoms with E-state index in [2.05, 4.69) is 9.88 Å². The van der Waals surface area contributed by atoms with Crippen LogP contribution in [0.1, 0.15) is 17.0 Å². The van der Waals surface area contributed by atoms with Crippen molar-refractivity contribution in [3.05, 3.63) is 77.8 Å². The van der Waals surface area contributed by atoms with E-state index in [-0.39, 0.29) is 5.91 Å². The van der Waals surface area contributed by atoms with Gasteiger partial charge in [-0.15, -0.1) is 0 Å². The number of amides is 1. The van der Waals surface area contributed by atoms with Gasteiger partial charge in [0.05, 0.1) is 11.8 Å². The monoisotopic (exact) mass is 441 g/mol. The molecule has 2 aromatic carbocycles. The first-order valence-electron chi connectivity index (χ1n) is 10.2. The average molecular weight is 441 g/mol. The molecule has 1 amide bonds. The number of piperazine rings is 1. The Hall–Kier alpha value is -3.55. The number of carbonyl (C=O) groups is 1. The van der Waals surface area contributed by atoms with Crippen molar-refractivity contribution in [3.63, 3.8) is 0 Å². The first-order valence-corrected chi connectivity index (χ1v) is 10.2. The van der Waals surface area contributed by atoms with Gasteiger partial charge in [0.1, 0.15) is 0 Å². The predicted molar refractivity (Wildman–Crippen MR) is 116 cm³/mol. The molecule has 1 aliphatic rings. The molecule has 5 nitrogen and oxygen atoms in total. The van der Waals surface area contributed by atoms with Crippen LogP contribution in [0.5, 0.6) is 0 Å². The molecule has 32 heavy (non-hydrogen) atoms. The number of oxazole rings is 1. The maximum Gasteiger partial charge on any atom is 0.416 e. The van der Waals surface area contributed by atoms with Crippen LogP contribution in [0, 0.1) is 6.92 Å². The van der Waals surface area contributed by atoms with Gasteiger partial charge in [0, 0.05) is 50.4 Å². The third kappa shape index (κ3) is 5.01. The molecule has 1 aliphatic heterocycles. The molecule has 0 N–H and O–H groups in total. The van der Waals surface area contributed by atoms with Crippen LogP contribution in [-0.4, -0.2) is 42.0 Å². The molecule has 3 aromatic rings. The normalized spacial score (nSPS) is 14.9. The minimum atomic E-state index is -4.41. The number of rotatable bonds is 4. The zero-order valence-electron chi connectivity index (χ0n) is 17.5. The lowest BCUT2D eigenvalue weighted by molar-refractivity contribution is -0.137. The topological polar surface area (TPSA) is 49.6 Å². The summed E-state index contributed by atoms with van der Waals surface area (Å²) in [7, 11) is 0. The van der Waals surface area contributed by atoms with Gasteiger partial charge >= 0.3 is 6.18 Å². The van der Waals surface area contributed by atoms with Gasteiger partial charge in [-0.2, -0.15) is 13.2 Å². The second kappa shape index (κ2) is 8.90. The number of halogens is 3. The molecule has 1 fully saturated rings. The molecule has 0 unspecified atom stereocenters. The summed E-state index contributed by atoms with van der Waals surface area (Å²) < 4.78 is 44.0. The third-order valence-electron chi connectivity index (χ3n) is 5.36. The molecule has 0 radical (unpaired) electrons. The van der Waals surface area contributed by atoms with E-state index in [1.54, 1.807) is 24.1 Å². The molecule has 166 valence electrons. The summed E-state index contributed by atoms with van der Waals surface area (Å²) in [6.45, 7) is 4.21. The van der Waals surface area contributed by atoms with Crippen LogP contribution in [0.25, 0.3) is 17.4 Å². The van der Waals surface area contributed by atoms with E-state index in [0.29, 0.717) is 37.6 Å². The van der Waals surface area contributed by atoms with Gasteiger partial charge in [-0.1, -0.05) is 12.1 Å². The van der Waals surface area contributed by atoms with Gasteiger partial charge in [-0.25, -0.2) is 4.98 Å². The van der Waals surface area contributed by atoms with Crippen molar-refractivity contribution in [1.82, 2.24) is 9.88 Å². The van der Waals surface area contributed by atoms with E-state index in [9.17, 15) is 18.0 Å². The molecule has 0 bridgehead atoms. The van der Waals surface area contributed by atoms with Crippen LogP contribution in [0.2, 0.25) is 0 Å². The zero-order valence-corrected chi connectivity index (χ0v) is 17.5. The highest BCUT2D eigenvalue weighted by molar-refractivity contribution is 5.92. The number of aryl methyl sites for hydroxylation is 1. The van der Waals surface area contributed by atoms with Crippen molar-refractivity contribution in [1.29, 1.82) is 0 Å². The Balaban J connectivity index is 1.33. The minimum Gasteiger partial charge on any atom is -0.441 e. The Morgan fingerprint density at radius 2 is 1.78 bits per heavy atom. The molecule has 0 spiro atoms. The summed E-state index contributed by atoms with van der Waals surface area (Å²) in [5.74, 6) is 1.13. The van der Waals surface area contributed by atoms with Gasteiger partial charge in [0.25, 0.3) is 0 Å². The van der Waals surface area contributed by atoms with Crippen LogP contribution in [0.15, 0.2) is 65.2 Å². The van der Waals surface area contributed by atoms with Gasteiger partial charge < -0.3 is 14.2 Å². The Morgan fingerprint density at radius 3 is 2.41 bits per heavy atom. The highest BCUT2D eigenvalue weighted by Crippen LogP contribution is 2.30. The fraction of sp³-hybridized carbons (Fsp3) is 0.250. The Kier molecular flexibility index (Phi) is 6.03. The summed E-state index contributed by atoms with van der Waals surface area (Å²) in [4.78, 5) is 20.5. The van der Waals surface area contributed by atoms with E-state index < -0.39 is 11.7 Å². The molecular weight excluding hydrogens is 419 g/mol. The predicted octanol–water partition coefficient (Wildman–Crippen LogP) is 5.03. The lowest BCUT2D eigenvalue weighted by Gasteiger charge is -2.35. The molecule has 1 saturated heterocycles. The minimum absolute atomic E-state index is 0.210. The fourth-order valence-corrected chi connectivity index (χ4v) is 3.61. The van der Waals surface area contributed by atoms with Crippen molar-refractivity contribution in [2.75, 3.05) is 31.1 Å². The molecule has 2 heterocycles. The van der Waals surface area contributed by atoms with E-state index in [4.69, 9.17) is 4.42 Å². The maximum atomic E-state index is 12.8. The molecule has 8 heteroatoms. The molecule has 0 atom stereocenters. The van der Waals surface area contributed by atoms with E-state index in [1.165, 1.54) is 18.2 Å². The van der Waals surface area contributed by atoms with Crippen LogP contribution in [-0.2, 0) is 11.0 Å². The van der Waals surface area contributed by atoms with Gasteiger partial charge in [0.15, 0.2) is 11.7 Å². The number of anilines is 1. The Morgan fingerprint density at radius 1 is 1.06 bits per heavy atom. The quantitative estimate of drug-likeness (QED) is 0.533. The number of alkyl halides is 3. The van der Waals surface area contributed by atoms with Gasteiger partial charge in [0.2, 0.25) is 5.91 Å². The summed E-state index contributed by atoms with van der Waals surface area (Å²) in [5.41, 5.74) is 1.61. The van der Waals surface area contributed by atoms with Crippen molar-refractivity contribution in [2.45, 2.75) is 13.1 Å². The summed E-state index contributed by atoms with van der Waals surface area (Å²) in [5, 5.41) is 0. The number of benzene rings is 2. The first-order chi connectivity index (χ1) is 15.3. The van der Waals surface area contributed by atoms with Crippen molar-refractivity contribution in [2.24, 2.45) is 0 Å². The zero-order chi connectivity index (χ0) is 22.7. The number of aromatic nitrogens is 1. The second-order valence-electron chi connectivity index (χ2n) is 7.56. The van der Waals surface area contributed by atoms with Crippen LogP contribution in [0.3, 0.4) is 0 Å². The smallest absolute Gasteiger partial charge is 0.416 e. The van der Waals surface area contributed by atoms with Crippen molar-refractivity contribution < 1.29 is 22.4 Å². The van der Waals surface area contributed by atoms with E-state index in [0.717, 1.165) is 29.1 Å². The SMILES string of the molecule is Cc1ncc(-c2ccc(N3CCN(C(=O)/C=C/c4cccc(C(F)(F)F)c4)CC3)cc2)o1. The molecular formula is C24H22F3N3O2. The third-order valence-corrected chi connectivity index (χ3v) is 5.36. The van der Waals surface area contributed by atoms with Crippen molar-refractivity contribution >= 4 is 17.7 Å². The molecule has 0 aliphatic carbocycles. The lowest BCUT2D eigenvalue weighted by Crippen LogP contribution is -2.48. The second-order valence-corrected chi connectivity index (χ2v) is 7.56. The number of carbonyl (C=O) groups excluding carboxylic acids is 1. The molecule has 4 rings (SSSR count). The number of hydrogen-bond donors (Lipinski definition) is 0.